The first-order valence-electron chi connectivity index (χ1n) is 6.63. The number of nitroso groups, excluding NO2 is 1. The summed E-state index contributed by atoms with van der Waals surface area (Å²) >= 11 is 0. The predicted molar refractivity (Wildman–Crippen MR) is 80.3 cm³/mol. The Morgan fingerprint density at radius 3 is 2.95 bits per heavy atom. The Hall–Kier alpha value is -2.56. The third-order valence-electron chi connectivity index (χ3n) is 3.12. The summed E-state index contributed by atoms with van der Waals surface area (Å²) in [6, 6.07) is 8.25. The normalized spacial score (nSPS) is 12.4. The van der Waals surface area contributed by atoms with Crippen LogP contribution in [0, 0.1) is 4.91 Å². The van der Waals surface area contributed by atoms with Crippen molar-refractivity contribution in [3.8, 4) is 11.5 Å². The average molecular weight is 287 g/mol. The van der Waals surface area contributed by atoms with Crippen LogP contribution in [0.2, 0.25) is 0 Å². The highest BCUT2D eigenvalue weighted by Gasteiger charge is 2.07. The predicted octanol–water partition coefficient (Wildman–Crippen LogP) is 3.77. The zero-order chi connectivity index (χ0) is 15.1. The van der Waals surface area contributed by atoms with Crippen molar-refractivity contribution in [2.45, 2.75) is 18.9 Å². The van der Waals surface area contributed by atoms with Gasteiger partial charge in [0.1, 0.15) is 11.8 Å². The second-order valence-electron chi connectivity index (χ2n) is 4.58. The number of aromatic hydroxyl groups is 1. The van der Waals surface area contributed by atoms with Gasteiger partial charge in [-0.1, -0.05) is 23.4 Å². The molecule has 1 unspecified atom stereocenters. The van der Waals surface area contributed by atoms with Gasteiger partial charge < -0.3 is 14.3 Å². The van der Waals surface area contributed by atoms with Crippen LogP contribution in [-0.2, 0) is 6.42 Å². The summed E-state index contributed by atoms with van der Waals surface area (Å²) in [5, 5.41) is 12.6. The molecule has 1 atom stereocenters. The molecular weight excluding hydrogens is 270 g/mol. The number of rotatable bonds is 7. The van der Waals surface area contributed by atoms with Crippen LogP contribution in [-0.4, -0.2) is 18.3 Å². The van der Waals surface area contributed by atoms with Crippen LogP contribution in [0.25, 0.3) is 6.08 Å². The molecule has 0 aliphatic rings. The number of methoxy groups -OCH3 is 1. The summed E-state index contributed by atoms with van der Waals surface area (Å²) in [5.74, 6) is 1.31. The zero-order valence-corrected chi connectivity index (χ0v) is 11.7. The van der Waals surface area contributed by atoms with Crippen molar-refractivity contribution in [3.63, 3.8) is 0 Å². The lowest BCUT2D eigenvalue weighted by Crippen LogP contribution is -2.00. The van der Waals surface area contributed by atoms with E-state index in [0.29, 0.717) is 18.6 Å². The van der Waals surface area contributed by atoms with Gasteiger partial charge in [0, 0.05) is 6.42 Å². The fraction of sp³-hybridized carbons (Fsp3) is 0.250. The third-order valence-corrected chi connectivity index (χ3v) is 3.12. The van der Waals surface area contributed by atoms with E-state index in [-0.39, 0.29) is 5.75 Å². The smallest absolute Gasteiger partial charge is 0.161 e. The van der Waals surface area contributed by atoms with E-state index in [1.807, 2.05) is 12.1 Å². The van der Waals surface area contributed by atoms with Crippen LogP contribution in [0.5, 0.6) is 11.5 Å². The summed E-state index contributed by atoms with van der Waals surface area (Å²) in [6.07, 6.45) is 6.38. The molecule has 110 valence electrons. The summed E-state index contributed by atoms with van der Waals surface area (Å²) in [6.45, 7) is 0. The Labute approximate surface area is 122 Å². The highest BCUT2D eigenvalue weighted by molar-refractivity contribution is 5.56. The highest BCUT2D eigenvalue weighted by Crippen LogP contribution is 2.26. The largest absolute Gasteiger partial charge is 0.504 e. The molecule has 2 rings (SSSR count). The van der Waals surface area contributed by atoms with Gasteiger partial charge in [-0.25, -0.2) is 0 Å². The lowest BCUT2D eigenvalue weighted by atomic mass is 10.1. The molecule has 1 N–H and O–H groups in total. The fourth-order valence-electron chi connectivity index (χ4n) is 1.95. The number of phenols is 1. The van der Waals surface area contributed by atoms with Crippen molar-refractivity contribution in [1.29, 1.82) is 0 Å². The van der Waals surface area contributed by atoms with Crippen LogP contribution in [0.4, 0.5) is 0 Å². The summed E-state index contributed by atoms with van der Waals surface area (Å²) in [5.41, 5.74) is 0.830. The Bertz CT molecular complexity index is 605. The summed E-state index contributed by atoms with van der Waals surface area (Å²) < 4.78 is 10.3. The highest BCUT2D eigenvalue weighted by atomic mass is 16.5. The first kappa shape index (κ1) is 14.8. The Kier molecular flexibility index (Phi) is 5.15. The van der Waals surface area contributed by atoms with E-state index in [9.17, 15) is 10.0 Å². The Morgan fingerprint density at radius 1 is 1.43 bits per heavy atom. The number of furan rings is 1. The molecule has 1 heterocycles. The van der Waals surface area contributed by atoms with Crippen molar-refractivity contribution >= 4 is 6.08 Å². The monoisotopic (exact) mass is 287 g/mol. The van der Waals surface area contributed by atoms with Crippen LogP contribution >= 0.6 is 0 Å². The van der Waals surface area contributed by atoms with Gasteiger partial charge in [0.2, 0.25) is 0 Å². The molecule has 2 aromatic rings. The molecule has 0 amide bonds. The van der Waals surface area contributed by atoms with Gasteiger partial charge in [-0.3, -0.25) is 0 Å². The molecule has 0 saturated heterocycles. The minimum atomic E-state index is -0.421. The van der Waals surface area contributed by atoms with E-state index in [4.69, 9.17) is 9.15 Å². The van der Waals surface area contributed by atoms with E-state index >= 15 is 0 Å². The van der Waals surface area contributed by atoms with E-state index in [1.54, 1.807) is 36.6 Å². The zero-order valence-electron chi connectivity index (χ0n) is 11.7. The second-order valence-corrected chi connectivity index (χ2v) is 4.58. The van der Waals surface area contributed by atoms with E-state index < -0.39 is 6.04 Å². The average Bonchev–Trinajstić information content (AvgIpc) is 3.02. The quantitative estimate of drug-likeness (QED) is 0.787. The molecule has 1 aromatic carbocycles. The van der Waals surface area contributed by atoms with Crippen LogP contribution in [0.3, 0.4) is 0 Å². The number of aryl methyl sites for hydroxylation is 1. The standard InChI is InChI=1S/C16H17NO4/c1-20-16-11-12(5-9-15(16)18)4-6-13(17-19)7-8-14-3-2-10-21-14/h2-6,9-11,13,18H,7-8H2,1H3. The van der Waals surface area contributed by atoms with Gasteiger partial charge in [-0.05, 0) is 36.2 Å². The number of benzene rings is 1. The minimum Gasteiger partial charge on any atom is -0.504 e. The van der Waals surface area contributed by atoms with Crippen LogP contribution in [0.15, 0.2) is 52.3 Å². The second kappa shape index (κ2) is 7.28. The molecular formula is C16H17NO4. The lowest BCUT2D eigenvalue weighted by molar-refractivity contribution is 0.373. The Morgan fingerprint density at radius 2 is 2.29 bits per heavy atom. The molecule has 0 saturated carbocycles. The molecule has 0 bridgehead atoms. The van der Waals surface area contributed by atoms with Gasteiger partial charge in [0.05, 0.1) is 13.4 Å². The topological polar surface area (TPSA) is 72.0 Å². The van der Waals surface area contributed by atoms with Crippen molar-refractivity contribution in [2.24, 2.45) is 5.18 Å². The van der Waals surface area contributed by atoms with E-state index in [2.05, 4.69) is 5.18 Å². The summed E-state index contributed by atoms with van der Waals surface area (Å²) in [4.78, 5) is 10.9. The number of ether oxygens (including phenoxy) is 1. The van der Waals surface area contributed by atoms with Crippen molar-refractivity contribution in [3.05, 3.63) is 58.9 Å². The number of hydrogen-bond donors (Lipinski definition) is 1. The SMILES string of the molecule is COc1cc(C=CC(CCc2ccco2)N=O)ccc1O. The molecule has 0 aliphatic carbocycles. The molecule has 0 radical (unpaired) electrons. The first-order valence-corrected chi connectivity index (χ1v) is 6.63. The van der Waals surface area contributed by atoms with Gasteiger partial charge >= 0.3 is 0 Å². The van der Waals surface area contributed by atoms with Crippen molar-refractivity contribution < 1.29 is 14.3 Å². The molecule has 21 heavy (non-hydrogen) atoms. The van der Waals surface area contributed by atoms with Gasteiger partial charge in [0.15, 0.2) is 11.5 Å². The van der Waals surface area contributed by atoms with Gasteiger partial charge in [0.25, 0.3) is 0 Å². The number of hydrogen-bond acceptors (Lipinski definition) is 5. The van der Waals surface area contributed by atoms with Crippen molar-refractivity contribution in [1.82, 2.24) is 0 Å². The molecule has 5 heteroatoms. The van der Waals surface area contributed by atoms with Gasteiger partial charge in [-0.15, -0.1) is 0 Å². The maximum absolute atomic E-state index is 10.9. The molecule has 0 aliphatic heterocycles. The van der Waals surface area contributed by atoms with Crippen LogP contribution in [0.1, 0.15) is 17.7 Å². The van der Waals surface area contributed by atoms with Gasteiger partial charge in [-0.2, -0.15) is 4.91 Å². The molecule has 1 aromatic heterocycles. The summed E-state index contributed by atoms with van der Waals surface area (Å²) in [7, 11) is 1.49. The number of phenolic OH excluding ortho intramolecular Hbond substituents is 1. The minimum absolute atomic E-state index is 0.0810. The maximum Gasteiger partial charge on any atom is 0.161 e. The maximum atomic E-state index is 10.9. The third kappa shape index (κ3) is 4.21. The Balaban J connectivity index is 1.98. The molecule has 0 fully saturated rings. The number of nitrogens with zero attached hydrogens (tertiary/aromatic N) is 1. The fourth-order valence-corrected chi connectivity index (χ4v) is 1.95. The van der Waals surface area contributed by atoms with E-state index in [0.717, 1.165) is 11.3 Å². The van der Waals surface area contributed by atoms with Crippen LogP contribution < -0.4 is 4.74 Å². The molecule has 5 nitrogen and oxygen atoms in total. The first-order chi connectivity index (χ1) is 10.2. The molecule has 0 spiro atoms. The van der Waals surface area contributed by atoms with E-state index in [1.165, 1.54) is 7.11 Å². The van der Waals surface area contributed by atoms with Crippen molar-refractivity contribution in [2.75, 3.05) is 7.11 Å². The lowest BCUT2D eigenvalue weighted by Gasteiger charge is -2.05.